The number of nitrogens with one attached hydrogen (secondary N) is 2. The van der Waals surface area contributed by atoms with Crippen molar-refractivity contribution in [1.29, 1.82) is 0 Å². The molecule has 4 rings (SSSR count). The van der Waals surface area contributed by atoms with Crippen LogP contribution in [0.1, 0.15) is 22.5 Å². The van der Waals surface area contributed by atoms with E-state index >= 15 is 0 Å². The number of rotatable bonds is 4. The van der Waals surface area contributed by atoms with E-state index in [1.54, 1.807) is 18.4 Å². The third-order valence-electron chi connectivity index (χ3n) is 4.35. The molecule has 7 heteroatoms. The molecule has 25 heavy (non-hydrogen) atoms. The molecule has 1 aliphatic heterocycles. The number of hydrogen-bond acceptors (Lipinski definition) is 5. The van der Waals surface area contributed by atoms with Gasteiger partial charge < -0.3 is 14.5 Å². The lowest BCUT2D eigenvalue weighted by molar-refractivity contribution is -0.127. The molecule has 2 N–H and O–H groups in total. The largest absolute Gasteiger partial charge is 0.480 e. The van der Waals surface area contributed by atoms with Gasteiger partial charge in [-0.2, -0.15) is 0 Å². The van der Waals surface area contributed by atoms with Crippen LogP contribution in [0.5, 0.6) is 5.75 Å². The molecule has 0 fully saturated rings. The molecule has 1 atom stereocenters. The summed E-state index contributed by atoms with van der Waals surface area (Å²) < 4.78 is 11.0. The molecule has 2 aromatic heterocycles. The van der Waals surface area contributed by atoms with Gasteiger partial charge in [-0.3, -0.25) is 9.89 Å². The van der Waals surface area contributed by atoms with Gasteiger partial charge in [0, 0.05) is 6.42 Å². The average molecular weight is 338 g/mol. The number of carbonyl (C=O) groups excluding carboxylic acids is 1. The quantitative estimate of drug-likeness (QED) is 0.761. The van der Waals surface area contributed by atoms with Crippen LogP contribution < -0.4 is 10.1 Å². The number of aryl methyl sites for hydroxylation is 2. The SMILES string of the molecule is Cc1cc2c(cc1C)OC(C(=O)NCc1nc(-c3ccco3)n[nH]1)C2. The Balaban J connectivity index is 1.37. The lowest BCUT2D eigenvalue weighted by Crippen LogP contribution is -2.37. The Morgan fingerprint density at radius 1 is 1.36 bits per heavy atom. The highest BCUT2D eigenvalue weighted by Crippen LogP contribution is 2.31. The topological polar surface area (TPSA) is 93.0 Å². The van der Waals surface area contributed by atoms with E-state index < -0.39 is 6.10 Å². The average Bonchev–Trinajstić information content (AvgIpc) is 3.32. The molecule has 128 valence electrons. The number of amides is 1. The Labute approximate surface area is 144 Å². The zero-order chi connectivity index (χ0) is 17.4. The molecule has 3 heterocycles. The van der Waals surface area contributed by atoms with E-state index in [4.69, 9.17) is 9.15 Å². The first-order valence-electron chi connectivity index (χ1n) is 8.10. The zero-order valence-corrected chi connectivity index (χ0v) is 14.0. The molecule has 0 saturated carbocycles. The van der Waals surface area contributed by atoms with Crippen molar-refractivity contribution in [3.05, 3.63) is 53.0 Å². The van der Waals surface area contributed by atoms with Crippen LogP contribution in [0.2, 0.25) is 0 Å². The molecule has 7 nitrogen and oxygen atoms in total. The van der Waals surface area contributed by atoms with Crippen LogP contribution in [-0.4, -0.2) is 27.2 Å². The van der Waals surface area contributed by atoms with E-state index in [-0.39, 0.29) is 12.5 Å². The first-order chi connectivity index (χ1) is 12.1. The van der Waals surface area contributed by atoms with Gasteiger partial charge in [-0.05, 0) is 48.7 Å². The Bertz CT molecular complexity index is 884. The molecule has 1 amide bonds. The summed E-state index contributed by atoms with van der Waals surface area (Å²) in [5.41, 5.74) is 3.44. The van der Waals surface area contributed by atoms with E-state index in [9.17, 15) is 4.79 Å². The van der Waals surface area contributed by atoms with Crippen molar-refractivity contribution in [2.45, 2.75) is 32.9 Å². The number of aromatic nitrogens is 3. The van der Waals surface area contributed by atoms with E-state index in [2.05, 4.69) is 33.5 Å². The first-order valence-corrected chi connectivity index (χ1v) is 8.10. The Hall–Kier alpha value is -3.09. The maximum Gasteiger partial charge on any atom is 0.261 e. The van der Waals surface area contributed by atoms with Gasteiger partial charge in [-0.15, -0.1) is 5.10 Å². The van der Waals surface area contributed by atoms with E-state index in [1.165, 1.54) is 5.56 Å². The first kappa shape index (κ1) is 15.4. The maximum absolute atomic E-state index is 12.4. The molecule has 0 radical (unpaired) electrons. The van der Waals surface area contributed by atoms with Crippen LogP contribution in [0, 0.1) is 13.8 Å². The molecule has 1 aromatic carbocycles. The van der Waals surface area contributed by atoms with Crippen LogP contribution in [0.15, 0.2) is 34.9 Å². The fourth-order valence-electron chi connectivity index (χ4n) is 2.83. The number of benzene rings is 1. The second-order valence-electron chi connectivity index (χ2n) is 6.16. The molecule has 0 bridgehead atoms. The third-order valence-corrected chi connectivity index (χ3v) is 4.35. The summed E-state index contributed by atoms with van der Waals surface area (Å²) in [4.78, 5) is 16.7. The maximum atomic E-state index is 12.4. The second-order valence-corrected chi connectivity index (χ2v) is 6.16. The highest BCUT2D eigenvalue weighted by molar-refractivity contribution is 5.82. The summed E-state index contributed by atoms with van der Waals surface area (Å²) in [5, 5.41) is 9.70. The third kappa shape index (κ3) is 3.00. The number of fused-ring (bicyclic) bond motifs is 1. The Morgan fingerprint density at radius 2 is 2.20 bits per heavy atom. The van der Waals surface area contributed by atoms with Gasteiger partial charge >= 0.3 is 0 Å². The van der Waals surface area contributed by atoms with Crippen molar-refractivity contribution in [2.24, 2.45) is 0 Å². The van der Waals surface area contributed by atoms with E-state index in [0.29, 0.717) is 23.8 Å². The second kappa shape index (κ2) is 6.08. The van der Waals surface area contributed by atoms with Crippen LogP contribution in [-0.2, 0) is 17.8 Å². The molecule has 3 aromatic rings. The smallest absolute Gasteiger partial charge is 0.261 e. The standard InChI is InChI=1S/C18H18N4O3/c1-10-6-12-8-15(25-14(12)7-11(10)2)18(23)19-9-16-20-17(22-21-16)13-4-3-5-24-13/h3-7,15H,8-9H2,1-2H3,(H,19,23)(H,20,21,22). The van der Waals surface area contributed by atoms with Gasteiger partial charge in [0.25, 0.3) is 5.91 Å². The number of H-pyrrole nitrogens is 1. The van der Waals surface area contributed by atoms with Crippen molar-refractivity contribution in [3.8, 4) is 17.3 Å². The van der Waals surface area contributed by atoms with Crippen LogP contribution in [0.25, 0.3) is 11.6 Å². The van der Waals surface area contributed by atoms with Gasteiger partial charge in [-0.1, -0.05) is 6.07 Å². The molecule has 1 aliphatic rings. The number of ether oxygens (including phenoxy) is 1. The predicted molar refractivity (Wildman–Crippen MR) is 90.0 cm³/mol. The number of furan rings is 1. The van der Waals surface area contributed by atoms with Crippen molar-refractivity contribution in [3.63, 3.8) is 0 Å². The Kier molecular flexibility index (Phi) is 3.76. The van der Waals surface area contributed by atoms with Gasteiger partial charge in [0.2, 0.25) is 5.82 Å². The van der Waals surface area contributed by atoms with E-state index in [1.807, 2.05) is 13.0 Å². The minimum absolute atomic E-state index is 0.164. The number of aromatic amines is 1. The summed E-state index contributed by atoms with van der Waals surface area (Å²) in [6, 6.07) is 7.62. The number of carbonyl (C=O) groups is 1. The van der Waals surface area contributed by atoms with Gasteiger partial charge in [-0.25, -0.2) is 4.98 Å². The van der Waals surface area contributed by atoms with Gasteiger partial charge in [0.1, 0.15) is 11.6 Å². The molecule has 0 aliphatic carbocycles. The summed E-state index contributed by atoms with van der Waals surface area (Å²) in [7, 11) is 0. The minimum atomic E-state index is -0.510. The summed E-state index contributed by atoms with van der Waals surface area (Å²) in [6.45, 7) is 4.34. The lowest BCUT2D eigenvalue weighted by Gasteiger charge is -2.10. The summed E-state index contributed by atoms with van der Waals surface area (Å²) in [6.07, 6.45) is 1.63. The minimum Gasteiger partial charge on any atom is -0.480 e. The number of hydrogen-bond donors (Lipinski definition) is 2. The molecular weight excluding hydrogens is 320 g/mol. The van der Waals surface area contributed by atoms with Crippen molar-refractivity contribution in [1.82, 2.24) is 20.5 Å². The highest BCUT2D eigenvalue weighted by Gasteiger charge is 2.29. The van der Waals surface area contributed by atoms with Crippen molar-refractivity contribution >= 4 is 5.91 Å². The molecular formula is C18H18N4O3. The molecule has 0 saturated heterocycles. The Morgan fingerprint density at radius 3 is 3.00 bits per heavy atom. The van der Waals surface area contributed by atoms with Crippen LogP contribution in [0.4, 0.5) is 0 Å². The summed E-state index contributed by atoms with van der Waals surface area (Å²) >= 11 is 0. The zero-order valence-electron chi connectivity index (χ0n) is 14.0. The van der Waals surface area contributed by atoms with Crippen molar-refractivity contribution in [2.75, 3.05) is 0 Å². The van der Waals surface area contributed by atoms with E-state index in [0.717, 1.165) is 16.9 Å². The molecule has 0 spiro atoms. The van der Waals surface area contributed by atoms with Gasteiger partial charge in [0.15, 0.2) is 11.9 Å². The lowest BCUT2D eigenvalue weighted by atomic mass is 10.0. The van der Waals surface area contributed by atoms with Crippen LogP contribution >= 0.6 is 0 Å². The summed E-state index contributed by atoms with van der Waals surface area (Å²) in [5.74, 6) is 2.23. The fraction of sp³-hybridized carbons (Fsp3) is 0.278. The monoisotopic (exact) mass is 338 g/mol. The molecule has 1 unspecified atom stereocenters. The van der Waals surface area contributed by atoms with Crippen molar-refractivity contribution < 1.29 is 13.9 Å². The highest BCUT2D eigenvalue weighted by atomic mass is 16.5. The van der Waals surface area contributed by atoms with Gasteiger partial charge in [0.05, 0.1) is 12.8 Å². The fourth-order valence-corrected chi connectivity index (χ4v) is 2.83. The normalized spacial score (nSPS) is 15.7. The number of nitrogens with zero attached hydrogens (tertiary/aromatic N) is 2. The van der Waals surface area contributed by atoms with Crippen LogP contribution in [0.3, 0.4) is 0 Å². The predicted octanol–water partition coefficient (Wildman–Crippen LogP) is 2.30.